The summed E-state index contributed by atoms with van der Waals surface area (Å²) in [5.41, 5.74) is 1.17. The Morgan fingerprint density at radius 2 is 2.12 bits per heavy atom. The van der Waals surface area contributed by atoms with E-state index in [1.807, 2.05) is 24.3 Å². The van der Waals surface area contributed by atoms with Crippen molar-refractivity contribution < 1.29 is 9.21 Å². The van der Waals surface area contributed by atoms with Gasteiger partial charge < -0.3 is 14.3 Å². The number of unbranched alkanes of at least 4 members (excludes halogenated alkanes) is 1. The summed E-state index contributed by atoms with van der Waals surface area (Å²) in [6.07, 6.45) is 2.22. The van der Waals surface area contributed by atoms with Crippen molar-refractivity contribution in [1.29, 1.82) is 0 Å². The van der Waals surface area contributed by atoms with Crippen LogP contribution < -0.4 is 5.56 Å². The van der Waals surface area contributed by atoms with Gasteiger partial charge >= 0.3 is 0 Å². The number of hydrogen-bond donors (Lipinski definition) is 1. The molecular weight excluding hydrogens is 338 g/mol. The van der Waals surface area contributed by atoms with Gasteiger partial charge in [0.05, 0.1) is 0 Å². The molecule has 3 rings (SSSR count). The van der Waals surface area contributed by atoms with Crippen LogP contribution >= 0.6 is 12.2 Å². The summed E-state index contributed by atoms with van der Waals surface area (Å²) in [5.74, 6) is -0.000507. The topological polar surface area (TPSA) is 71.2 Å². The van der Waals surface area contributed by atoms with Crippen molar-refractivity contribution in [2.75, 3.05) is 13.6 Å². The second kappa shape index (κ2) is 7.23. The molecule has 132 valence electrons. The number of amides is 1. The zero-order valence-corrected chi connectivity index (χ0v) is 15.2. The lowest BCUT2D eigenvalue weighted by atomic mass is 10.2. The molecule has 6 nitrogen and oxygen atoms in total. The molecule has 0 aliphatic heterocycles. The van der Waals surface area contributed by atoms with Gasteiger partial charge in [0, 0.05) is 31.9 Å². The maximum Gasteiger partial charge on any atom is 0.297 e. The predicted octanol–water partition coefficient (Wildman–Crippen LogP) is 3.45. The maximum atomic E-state index is 12.7. The van der Waals surface area contributed by atoms with Gasteiger partial charge in [0.1, 0.15) is 11.1 Å². The van der Waals surface area contributed by atoms with Crippen LogP contribution in [0.2, 0.25) is 0 Å². The standard InChI is InChI=1S/C18H21N3O3S/c1-3-4-10-20(2)14(22)9-11-21-17(23)16-15(19-18(21)25)12-7-5-6-8-13(12)24-16/h5-8H,3-4,9-11H2,1-2H3,(H,19,25). The first-order valence-corrected chi connectivity index (χ1v) is 8.82. The van der Waals surface area contributed by atoms with Crippen LogP contribution in [-0.4, -0.2) is 34.0 Å². The number of nitrogens with zero attached hydrogens (tertiary/aromatic N) is 2. The summed E-state index contributed by atoms with van der Waals surface area (Å²) >= 11 is 5.32. The Morgan fingerprint density at radius 3 is 2.88 bits per heavy atom. The van der Waals surface area contributed by atoms with E-state index in [0.717, 1.165) is 24.8 Å². The Balaban J connectivity index is 1.90. The number of benzene rings is 1. The van der Waals surface area contributed by atoms with Crippen LogP contribution in [0.4, 0.5) is 0 Å². The second-order valence-electron chi connectivity index (χ2n) is 6.11. The summed E-state index contributed by atoms with van der Waals surface area (Å²) in [7, 11) is 1.78. The molecule has 25 heavy (non-hydrogen) atoms. The summed E-state index contributed by atoms with van der Waals surface area (Å²) in [4.78, 5) is 29.7. The normalized spacial score (nSPS) is 11.3. The maximum absolute atomic E-state index is 12.7. The summed E-state index contributed by atoms with van der Waals surface area (Å²) in [6, 6.07) is 7.41. The van der Waals surface area contributed by atoms with Crippen molar-refractivity contribution in [3.8, 4) is 0 Å². The number of aromatic nitrogens is 2. The zero-order chi connectivity index (χ0) is 18.0. The molecule has 1 aromatic carbocycles. The number of furan rings is 1. The van der Waals surface area contributed by atoms with Gasteiger partial charge in [0.15, 0.2) is 4.77 Å². The third kappa shape index (κ3) is 3.37. The Hall–Kier alpha value is -2.41. The van der Waals surface area contributed by atoms with E-state index in [4.69, 9.17) is 16.6 Å². The van der Waals surface area contributed by atoms with Crippen LogP contribution in [0.3, 0.4) is 0 Å². The molecule has 0 unspecified atom stereocenters. The van der Waals surface area contributed by atoms with E-state index < -0.39 is 0 Å². The molecule has 2 heterocycles. The fourth-order valence-corrected chi connectivity index (χ4v) is 3.11. The first-order chi connectivity index (χ1) is 12.0. The van der Waals surface area contributed by atoms with Crippen LogP contribution in [0.5, 0.6) is 0 Å². The van der Waals surface area contributed by atoms with Gasteiger partial charge in [0.2, 0.25) is 11.5 Å². The third-order valence-corrected chi connectivity index (χ3v) is 4.66. The van der Waals surface area contributed by atoms with Crippen molar-refractivity contribution in [2.24, 2.45) is 0 Å². The van der Waals surface area contributed by atoms with E-state index in [9.17, 15) is 9.59 Å². The van der Waals surface area contributed by atoms with Gasteiger partial charge in [-0.3, -0.25) is 14.2 Å². The van der Waals surface area contributed by atoms with Gasteiger partial charge in [-0.25, -0.2) is 0 Å². The molecule has 0 aliphatic carbocycles. The lowest BCUT2D eigenvalue weighted by Gasteiger charge is -2.16. The highest BCUT2D eigenvalue weighted by molar-refractivity contribution is 7.71. The summed E-state index contributed by atoms with van der Waals surface area (Å²) in [5, 5.41) is 0.822. The molecule has 1 N–H and O–H groups in total. The van der Waals surface area contributed by atoms with Gasteiger partial charge in [-0.05, 0) is 30.8 Å². The van der Waals surface area contributed by atoms with Crippen molar-refractivity contribution >= 4 is 40.2 Å². The minimum absolute atomic E-state index is 0.000507. The average Bonchev–Trinajstić information content (AvgIpc) is 2.98. The number of rotatable bonds is 6. The van der Waals surface area contributed by atoms with Crippen LogP contribution in [0.1, 0.15) is 26.2 Å². The Kier molecular flexibility index (Phi) is 5.03. The number of carbonyl (C=O) groups excluding carboxylic acids is 1. The number of hydrogen-bond acceptors (Lipinski definition) is 4. The predicted molar refractivity (Wildman–Crippen MR) is 100 cm³/mol. The molecule has 1 amide bonds. The molecule has 0 saturated carbocycles. The highest BCUT2D eigenvalue weighted by atomic mass is 32.1. The Bertz CT molecular complexity index is 1030. The number of carbonyl (C=O) groups is 1. The van der Waals surface area contributed by atoms with E-state index in [-0.39, 0.29) is 30.0 Å². The largest absolute Gasteiger partial charge is 0.449 e. The van der Waals surface area contributed by atoms with E-state index in [2.05, 4.69) is 11.9 Å². The van der Waals surface area contributed by atoms with Crippen LogP contribution in [0, 0.1) is 4.77 Å². The monoisotopic (exact) mass is 359 g/mol. The fraction of sp³-hybridized carbons (Fsp3) is 0.389. The molecule has 0 bridgehead atoms. The number of aromatic amines is 1. The van der Waals surface area contributed by atoms with Gasteiger partial charge in [-0.2, -0.15) is 0 Å². The molecule has 0 spiro atoms. The Labute approximate surface area is 150 Å². The first kappa shape index (κ1) is 17.4. The molecule has 2 aromatic heterocycles. The van der Waals surface area contributed by atoms with Crippen molar-refractivity contribution in [3.63, 3.8) is 0 Å². The van der Waals surface area contributed by atoms with Crippen LogP contribution in [0.25, 0.3) is 22.1 Å². The zero-order valence-electron chi connectivity index (χ0n) is 14.4. The molecule has 7 heteroatoms. The first-order valence-electron chi connectivity index (χ1n) is 8.41. The summed E-state index contributed by atoms with van der Waals surface area (Å²) in [6.45, 7) is 3.04. The van der Waals surface area contributed by atoms with E-state index >= 15 is 0 Å². The number of H-pyrrole nitrogens is 1. The highest BCUT2D eigenvalue weighted by Gasteiger charge is 2.15. The molecular formula is C18H21N3O3S. The SMILES string of the molecule is CCCCN(C)C(=O)CCn1c(=S)[nH]c2c(oc3ccccc32)c1=O. The third-order valence-electron chi connectivity index (χ3n) is 4.33. The minimum Gasteiger partial charge on any atom is -0.449 e. The summed E-state index contributed by atoms with van der Waals surface area (Å²) < 4.78 is 7.37. The fourth-order valence-electron chi connectivity index (χ4n) is 2.83. The molecule has 0 saturated heterocycles. The Morgan fingerprint density at radius 1 is 1.36 bits per heavy atom. The second-order valence-corrected chi connectivity index (χ2v) is 6.49. The number of fused-ring (bicyclic) bond motifs is 3. The number of nitrogens with one attached hydrogen (secondary N) is 1. The van der Waals surface area contributed by atoms with Crippen molar-refractivity contribution in [1.82, 2.24) is 14.5 Å². The van der Waals surface area contributed by atoms with Gasteiger partial charge in [-0.15, -0.1) is 0 Å². The van der Waals surface area contributed by atoms with E-state index in [1.165, 1.54) is 4.57 Å². The van der Waals surface area contributed by atoms with Gasteiger partial charge in [0.25, 0.3) is 5.56 Å². The quantitative estimate of drug-likeness (QED) is 0.684. The van der Waals surface area contributed by atoms with Crippen molar-refractivity contribution in [2.45, 2.75) is 32.7 Å². The number of para-hydroxylation sites is 1. The van der Waals surface area contributed by atoms with Crippen molar-refractivity contribution in [3.05, 3.63) is 39.4 Å². The molecule has 0 aliphatic rings. The lowest BCUT2D eigenvalue weighted by Crippen LogP contribution is -2.30. The smallest absolute Gasteiger partial charge is 0.297 e. The van der Waals surface area contributed by atoms with Gasteiger partial charge in [-0.1, -0.05) is 25.5 Å². The molecule has 0 atom stereocenters. The lowest BCUT2D eigenvalue weighted by molar-refractivity contribution is -0.130. The van der Waals surface area contributed by atoms with E-state index in [1.54, 1.807) is 11.9 Å². The van der Waals surface area contributed by atoms with E-state index in [0.29, 0.717) is 15.9 Å². The molecule has 3 aromatic rings. The van der Waals surface area contributed by atoms with Crippen LogP contribution in [0.15, 0.2) is 33.5 Å². The average molecular weight is 359 g/mol. The molecule has 0 fully saturated rings. The highest BCUT2D eigenvalue weighted by Crippen LogP contribution is 2.24. The minimum atomic E-state index is -0.307. The van der Waals surface area contributed by atoms with Crippen LogP contribution in [-0.2, 0) is 11.3 Å². The molecule has 0 radical (unpaired) electrons.